The van der Waals surface area contributed by atoms with Crippen LogP contribution < -0.4 is 4.74 Å². The molecular weight excluding hydrogens is 282 g/mol. The van der Waals surface area contributed by atoms with Gasteiger partial charge in [0.05, 0.1) is 20.0 Å². The Morgan fingerprint density at radius 2 is 2.20 bits per heavy atom. The molecule has 9 heteroatoms. The van der Waals surface area contributed by atoms with E-state index in [1.165, 1.54) is 37.0 Å². The summed E-state index contributed by atoms with van der Waals surface area (Å²) in [6, 6.07) is 1.72. The van der Waals surface area contributed by atoms with Crippen molar-refractivity contribution in [3.8, 4) is 11.8 Å². The summed E-state index contributed by atoms with van der Waals surface area (Å²) in [6.45, 7) is 1.83. The van der Waals surface area contributed by atoms with Gasteiger partial charge < -0.3 is 9.47 Å². The van der Waals surface area contributed by atoms with Gasteiger partial charge in [0.2, 0.25) is 11.0 Å². The van der Waals surface area contributed by atoms with Crippen LogP contribution in [-0.4, -0.2) is 50.7 Å². The van der Waals surface area contributed by atoms with Crippen LogP contribution in [-0.2, 0) is 9.53 Å². The van der Waals surface area contributed by atoms with Gasteiger partial charge in [0.25, 0.3) is 5.95 Å². The second kappa shape index (κ2) is 6.33. The third kappa shape index (κ3) is 3.44. The number of carbonyl (C=O) groups excluding carboxylic acids is 1. The van der Waals surface area contributed by atoms with Gasteiger partial charge in [0, 0.05) is 11.8 Å². The van der Waals surface area contributed by atoms with Gasteiger partial charge in [-0.15, -0.1) is 5.10 Å². The molecule has 0 aromatic carbocycles. The normalized spacial score (nSPS) is 10.3. The number of carbonyl (C=O) groups is 1. The molecule has 0 radical (unpaired) electrons. The lowest BCUT2D eigenvalue weighted by Crippen LogP contribution is -2.05. The molecule has 0 N–H and O–H groups in total. The maximum Gasteiger partial charge on any atom is 0.316 e. The fraction of sp³-hybridized carbons (Fsp3) is 0.364. The van der Waals surface area contributed by atoms with E-state index in [-0.39, 0.29) is 11.7 Å². The fourth-order valence-electron chi connectivity index (χ4n) is 1.32. The molecule has 0 bridgehead atoms. The van der Waals surface area contributed by atoms with Gasteiger partial charge in [0.1, 0.15) is 6.33 Å². The zero-order valence-corrected chi connectivity index (χ0v) is 12.0. The minimum Gasteiger partial charge on any atom is -0.481 e. The molecule has 0 aliphatic rings. The van der Waals surface area contributed by atoms with Crippen LogP contribution in [0.4, 0.5) is 0 Å². The van der Waals surface area contributed by atoms with Gasteiger partial charge in [0.15, 0.2) is 0 Å². The summed E-state index contributed by atoms with van der Waals surface area (Å²) in [5.41, 5.74) is 0.756. The van der Waals surface area contributed by atoms with E-state index in [1.807, 2.05) is 6.92 Å². The molecule has 0 atom stereocenters. The van der Waals surface area contributed by atoms with E-state index in [1.54, 1.807) is 6.07 Å². The van der Waals surface area contributed by atoms with Crippen molar-refractivity contribution < 1.29 is 14.3 Å². The zero-order valence-electron chi connectivity index (χ0n) is 11.2. The van der Waals surface area contributed by atoms with Gasteiger partial charge in [-0.05, 0) is 6.92 Å². The summed E-state index contributed by atoms with van der Waals surface area (Å²) >= 11 is 1.18. The Morgan fingerprint density at radius 3 is 2.90 bits per heavy atom. The van der Waals surface area contributed by atoms with Gasteiger partial charge in [-0.3, -0.25) is 4.79 Å². The van der Waals surface area contributed by atoms with E-state index in [9.17, 15) is 4.79 Å². The minimum atomic E-state index is -0.333. The second-order valence-corrected chi connectivity index (χ2v) is 4.63. The number of aromatic nitrogens is 5. The molecule has 2 aromatic heterocycles. The largest absolute Gasteiger partial charge is 0.481 e. The molecular formula is C11H13N5O3S. The Morgan fingerprint density at radius 1 is 1.40 bits per heavy atom. The Bertz CT molecular complexity index is 616. The molecule has 0 amide bonds. The van der Waals surface area contributed by atoms with Crippen LogP contribution in [0.25, 0.3) is 5.95 Å². The highest BCUT2D eigenvalue weighted by Gasteiger charge is 2.10. The lowest BCUT2D eigenvalue weighted by molar-refractivity contribution is -0.137. The van der Waals surface area contributed by atoms with Crippen LogP contribution in [0.2, 0.25) is 0 Å². The third-order valence-corrected chi connectivity index (χ3v) is 3.08. The molecule has 0 aliphatic heterocycles. The van der Waals surface area contributed by atoms with Crippen LogP contribution in [0.1, 0.15) is 5.69 Å². The molecule has 0 aliphatic carbocycles. The first-order chi connectivity index (χ1) is 9.62. The Hall–Kier alpha value is -2.16. The molecule has 8 nitrogen and oxygen atoms in total. The number of hydrogen-bond acceptors (Lipinski definition) is 8. The van der Waals surface area contributed by atoms with E-state index < -0.39 is 0 Å². The summed E-state index contributed by atoms with van der Waals surface area (Å²) in [7, 11) is 2.87. The van der Waals surface area contributed by atoms with Crippen molar-refractivity contribution >= 4 is 17.7 Å². The number of ether oxygens (including phenoxy) is 2. The van der Waals surface area contributed by atoms with Crippen molar-refractivity contribution in [2.75, 3.05) is 20.0 Å². The van der Waals surface area contributed by atoms with Crippen molar-refractivity contribution in [3.05, 3.63) is 18.1 Å². The third-order valence-electron chi connectivity index (χ3n) is 2.25. The zero-order chi connectivity index (χ0) is 14.5. The summed E-state index contributed by atoms with van der Waals surface area (Å²) in [6.07, 6.45) is 1.48. The highest BCUT2D eigenvalue weighted by Crippen LogP contribution is 2.14. The summed E-state index contributed by atoms with van der Waals surface area (Å²) in [5, 5.41) is 4.63. The highest BCUT2D eigenvalue weighted by molar-refractivity contribution is 7.99. The smallest absolute Gasteiger partial charge is 0.316 e. The average Bonchev–Trinajstić information content (AvgIpc) is 2.92. The minimum absolute atomic E-state index is 0.151. The van der Waals surface area contributed by atoms with E-state index in [4.69, 9.17) is 4.74 Å². The van der Waals surface area contributed by atoms with Crippen LogP contribution >= 0.6 is 11.8 Å². The molecule has 2 aromatic rings. The summed E-state index contributed by atoms with van der Waals surface area (Å²) < 4.78 is 11.1. The van der Waals surface area contributed by atoms with Gasteiger partial charge >= 0.3 is 5.97 Å². The van der Waals surface area contributed by atoms with Crippen LogP contribution in [0, 0.1) is 6.92 Å². The van der Waals surface area contributed by atoms with E-state index >= 15 is 0 Å². The van der Waals surface area contributed by atoms with Crippen molar-refractivity contribution in [2.24, 2.45) is 0 Å². The Kier molecular flexibility index (Phi) is 4.51. The number of aryl methyl sites for hydroxylation is 1. The Labute approximate surface area is 119 Å². The van der Waals surface area contributed by atoms with Gasteiger partial charge in [-0.25, -0.2) is 9.97 Å². The maximum absolute atomic E-state index is 11.0. The maximum atomic E-state index is 11.0. The lowest BCUT2D eigenvalue weighted by Gasteiger charge is -2.03. The van der Waals surface area contributed by atoms with Gasteiger partial charge in [-0.2, -0.15) is 9.67 Å². The number of methoxy groups -OCH3 is 2. The van der Waals surface area contributed by atoms with Crippen molar-refractivity contribution in [2.45, 2.75) is 12.1 Å². The molecule has 0 saturated heterocycles. The van der Waals surface area contributed by atoms with E-state index in [0.717, 1.165) is 5.69 Å². The summed E-state index contributed by atoms with van der Waals surface area (Å²) in [4.78, 5) is 23.5. The lowest BCUT2D eigenvalue weighted by atomic mass is 10.4. The molecule has 2 rings (SSSR count). The number of nitrogens with zero attached hydrogens (tertiary/aromatic N) is 5. The standard InChI is InChI=1S/C11H13N5O3S/c1-7-4-8(18-2)14-10(13-7)16-6-12-11(15-16)20-5-9(17)19-3/h4,6H,5H2,1-3H3. The van der Waals surface area contributed by atoms with Crippen LogP contribution in [0.5, 0.6) is 5.88 Å². The van der Waals surface area contributed by atoms with E-state index in [2.05, 4.69) is 24.8 Å². The second-order valence-electron chi connectivity index (χ2n) is 3.69. The molecule has 0 spiro atoms. The predicted molar refractivity (Wildman–Crippen MR) is 71.0 cm³/mol. The predicted octanol–water partition coefficient (Wildman–Crippen LogP) is 0.639. The molecule has 2 heterocycles. The number of hydrogen-bond donors (Lipinski definition) is 0. The molecule has 106 valence electrons. The molecule has 0 unspecified atom stereocenters. The average molecular weight is 295 g/mol. The molecule has 0 fully saturated rings. The monoisotopic (exact) mass is 295 g/mol. The van der Waals surface area contributed by atoms with Gasteiger partial charge in [-0.1, -0.05) is 11.8 Å². The molecule has 20 heavy (non-hydrogen) atoms. The Balaban J connectivity index is 2.16. The quantitative estimate of drug-likeness (QED) is 0.586. The van der Waals surface area contributed by atoms with Crippen molar-refractivity contribution in [1.29, 1.82) is 0 Å². The topological polar surface area (TPSA) is 92.0 Å². The number of thioether (sulfide) groups is 1. The molecule has 0 saturated carbocycles. The van der Waals surface area contributed by atoms with Crippen LogP contribution in [0.3, 0.4) is 0 Å². The first kappa shape index (κ1) is 14.3. The number of esters is 1. The van der Waals surface area contributed by atoms with Crippen molar-refractivity contribution in [1.82, 2.24) is 24.7 Å². The van der Waals surface area contributed by atoms with Crippen molar-refractivity contribution in [3.63, 3.8) is 0 Å². The fourth-order valence-corrected chi connectivity index (χ4v) is 1.96. The SMILES string of the molecule is COC(=O)CSc1ncn(-c2nc(C)cc(OC)n2)n1. The first-order valence-electron chi connectivity index (χ1n) is 5.63. The highest BCUT2D eigenvalue weighted by atomic mass is 32.2. The first-order valence-corrected chi connectivity index (χ1v) is 6.62. The van der Waals surface area contributed by atoms with Crippen LogP contribution in [0.15, 0.2) is 17.6 Å². The van der Waals surface area contributed by atoms with E-state index in [0.29, 0.717) is 17.0 Å². The summed E-state index contributed by atoms with van der Waals surface area (Å²) in [5.74, 6) is 0.629. The number of rotatable bonds is 5.